The minimum Gasteiger partial charge on any atom is -0.364 e. The molecular formula is C12H15FN4. The lowest BCUT2D eigenvalue weighted by Gasteiger charge is -2.05. The zero-order valence-corrected chi connectivity index (χ0v) is 9.89. The van der Waals surface area contributed by atoms with Gasteiger partial charge in [0.15, 0.2) is 0 Å². The first-order chi connectivity index (χ1) is 8.15. The van der Waals surface area contributed by atoms with Crippen LogP contribution in [0.25, 0.3) is 0 Å². The minimum absolute atomic E-state index is 0.322. The molecule has 0 amide bonds. The van der Waals surface area contributed by atoms with E-state index in [9.17, 15) is 4.39 Å². The largest absolute Gasteiger partial charge is 0.364 e. The molecule has 0 bridgehead atoms. The summed E-state index contributed by atoms with van der Waals surface area (Å²) < 4.78 is 14.8. The third-order valence-electron chi connectivity index (χ3n) is 2.37. The van der Waals surface area contributed by atoms with E-state index in [4.69, 9.17) is 0 Å². The van der Waals surface area contributed by atoms with Crippen LogP contribution in [0.4, 0.5) is 10.2 Å². The fourth-order valence-electron chi connectivity index (χ4n) is 1.47. The molecule has 0 aliphatic rings. The second kappa shape index (κ2) is 4.95. The third kappa shape index (κ3) is 3.03. The Kier molecular flexibility index (Phi) is 3.37. The van der Waals surface area contributed by atoms with Gasteiger partial charge in [-0.25, -0.2) is 4.39 Å². The van der Waals surface area contributed by atoms with E-state index >= 15 is 0 Å². The van der Waals surface area contributed by atoms with Crippen molar-refractivity contribution in [3.8, 4) is 0 Å². The van der Waals surface area contributed by atoms with E-state index in [2.05, 4.69) is 29.2 Å². The van der Waals surface area contributed by atoms with E-state index in [0.29, 0.717) is 12.6 Å². The first-order valence-electron chi connectivity index (χ1n) is 5.53. The Balaban J connectivity index is 1.97. The van der Waals surface area contributed by atoms with Crippen LogP contribution in [0.3, 0.4) is 0 Å². The number of pyridine rings is 1. The molecular weight excluding hydrogens is 219 g/mol. The van der Waals surface area contributed by atoms with Gasteiger partial charge in [0.25, 0.3) is 0 Å². The molecule has 0 aromatic carbocycles. The maximum absolute atomic E-state index is 12.9. The maximum Gasteiger partial charge on any atom is 0.148 e. The van der Waals surface area contributed by atoms with E-state index in [1.54, 1.807) is 6.20 Å². The molecule has 2 aromatic rings. The van der Waals surface area contributed by atoms with Gasteiger partial charge in [0.05, 0.1) is 6.20 Å². The predicted molar refractivity (Wildman–Crippen MR) is 64.1 cm³/mol. The lowest BCUT2D eigenvalue weighted by Crippen LogP contribution is -2.04. The molecule has 0 unspecified atom stereocenters. The van der Waals surface area contributed by atoms with Gasteiger partial charge < -0.3 is 5.32 Å². The van der Waals surface area contributed by atoms with Crippen molar-refractivity contribution in [1.29, 1.82) is 0 Å². The minimum atomic E-state index is -0.322. The predicted octanol–water partition coefficient (Wildman–Crippen LogP) is 2.61. The highest BCUT2D eigenvalue weighted by atomic mass is 19.1. The molecule has 0 spiro atoms. The van der Waals surface area contributed by atoms with E-state index in [1.165, 1.54) is 12.3 Å². The van der Waals surface area contributed by atoms with Gasteiger partial charge in [0.2, 0.25) is 0 Å². The first kappa shape index (κ1) is 11.6. The number of nitrogens with zero attached hydrogens (tertiary/aromatic N) is 3. The van der Waals surface area contributed by atoms with Crippen LogP contribution in [0.5, 0.6) is 0 Å². The summed E-state index contributed by atoms with van der Waals surface area (Å²) in [6.45, 7) is 4.64. The fraction of sp³-hybridized carbons (Fsp3) is 0.333. The second-order valence-corrected chi connectivity index (χ2v) is 4.14. The number of hydrogen-bond donors (Lipinski definition) is 1. The van der Waals surface area contributed by atoms with Crippen molar-refractivity contribution in [2.75, 3.05) is 5.32 Å². The zero-order valence-electron chi connectivity index (χ0n) is 9.89. The van der Waals surface area contributed by atoms with Crippen molar-refractivity contribution in [2.45, 2.75) is 26.4 Å². The number of hydrogen-bond acceptors (Lipinski definition) is 3. The van der Waals surface area contributed by atoms with Crippen molar-refractivity contribution in [3.05, 3.63) is 42.1 Å². The van der Waals surface area contributed by atoms with Crippen LogP contribution in [0.1, 0.15) is 25.5 Å². The normalized spacial score (nSPS) is 10.8. The van der Waals surface area contributed by atoms with E-state index in [0.717, 1.165) is 11.4 Å². The van der Waals surface area contributed by atoms with E-state index in [-0.39, 0.29) is 5.82 Å². The highest BCUT2D eigenvalue weighted by Crippen LogP contribution is 2.10. The summed E-state index contributed by atoms with van der Waals surface area (Å²) in [6, 6.07) is 3.69. The molecule has 0 atom stereocenters. The number of aromatic nitrogens is 3. The molecule has 4 nitrogen and oxygen atoms in total. The van der Waals surface area contributed by atoms with Gasteiger partial charge in [0, 0.05) is 31.0 Å². The van der Waals surface area contributed by atoms with Gasteiger partial charge in [-0.3, -0.25) is 9.67 Å². The highest BCUT2D eigenvalue weighted by molar-refractivity contribution is 5.33. The molecule has 90 valence electrons. The van der Waals surface area contributed by atoms with Gasteiger partial charge in [0.1, 0.15) is 11.6 Å². The quantitative estimate of drug-likeness (QED) is 0.884. The van der Waals surface area contributed by atoms with Gasteiger partial charge in [-0.1, -0.05) is 0 Å². The lowest BCUT2D eigenvalue weighted by molar-refractivity contribution is 0.534. The molecule has 2 heterocycles. The Bertz CT molecular complexity index is 493. The third-order valence-corrected chi connectivity index (χ3v) is 2.37. The van der Waals surface area contributed by atoms with Crippen LogP contribution in [0, 0.1) is 5.82 Å². The van der Waals surface area contributed by atoms with Crippen LogP contribution in [-0.2, 0) is 6.54 Å². The van der Waals surface area contributed by atoms with Gasteiger partial charge in [-0.15, -0.1) is 0 Å². The number of nitrogens with one attached hydrogen (secondary N) is 1. The Morgan fingerprint density at radius 1 is 1.41 bits per heavy atom. The summed E-state index contributed by atoms with van der Waals surface area (Å²) in [5.41, 5.74) is 0.795. The van der Waals surface area contributed by atoms with Gasteiger partial charge in [-0.05, 0) is 25.5 Å². The summed E-state index contributed by atoms with van der Waals surface area (Å²) in [4.78, 5) is 3.79. The molecule has 2 rings (SSSR count). The summed E-state index contributed by atoms with van der Waals surface area (Å²) in [7, 11) is 0. The Morgan fingerprint density at radius 3 is 2.88 bits per heavy atom. The van der Waals surface area contributed by atoms with Crippen molar-refractivity contribution < 1.29 is 4.39 Å². The Hall–Kier alpha value is -1.91. The molecule has 0 aliphatic carbocycles. The SMILES string of the molecule is CC(C)n1ccc(NCc2cncc(F)c2)n1. The zero-order chi connectivity index (χ0) is 12.3. The highest BCUT2D eigenvalue weighted by Gasteiger charge is 2.02. The van der Waals surface area contributed by atoms with Gasteiger partial charge in [-0.2, -0.15) is 5.10 Å². The van der Waals surface area contributed by atoms with Crippen molar-refractivity contribution in [1.82, 2.24) is 14.8 Å². The number of halogens is 1. The maximum atomic E-state index is 12.9. The van der Waals surface area contributed by atoms with Crippen LogP contribution < -0.4 is 5.32 Å². The molecule has 2 aromatic heterocycles. The number of rotatable bonds is 4. The second-order valence-electron chi connectivity index (χ2n) is 4.14. The molecule has 1 N–H and O–H groups in total. The summed E-state index contributed by atoms with van der Waals surface area (Å²) in [5, 5.41) is 7.46. The summed E-state index contributed by atoms with van der Waals surface area (Å²) in [6.07, 6.45) is 4.74. The van der Waals surface area contributed by atoms with Crippen molar-refractivity contribution >= 4 is 5.82 Å². The number of anilines is 1. The molecule has 0 aliphatic heterocycles. The van der Waals surface area contributed by atoms with E-state index < -0.39 is 0 Å². The summed E-state index contributed by atoms with van der Waals surface area (Å²) >= 11 is 0. The van der Waals surface area contributed by atoms with Crippen LogP contribution in [0.15, 0.2) is 30.7 Å². The Labute approximate surface area is 99.5 Å². The molecule has 5 heteroatoms. The average Bonchev–Trinajstić information content (AvgIpc) is 2.75. The van der Waals surface area contributed by atoms with Crippen LogP contribution in [0.2, 0.25) is 0 Å². The standard InChI is InChI=1S/C12H15FN4/c1-9(2)17-4-3-12(16-17)15-7-10-5-11(13)8-14-6-10/h3-6,8-9H,7H2,1-2H3,(H,15,16). The summed E-state index contributed by atoms with van der Waals surface area (Å²) in [5.74, 6) is 0.458. The first-order valence-corrected chi connectivity index (χ1v) is 5.53. The van der Waals surface area contributed by atoms with Crippen LogP contribution >= 0.6 is 0 Å². The average molecular weight is 234 g/mol. The molecule has 17 heavy (non-hydrogen) atoms. The Morgan fingerprint density at radius 2 is 2.24 bits per heavy atom. The van der Waals surface area contributed by atoms with Crippen molar-refractivity contribution in [2.24, 2.45) is 0 Å². The fourth-order valence-corrected chi connectivity index (χ4v) is 1.47. The topological polar surface area (TPSA) is 42.7 Å². The van der Waals surface area contributed by atoms with Crippen LogP contribution in [-0.4, -0.2) is 14.8 Å². The molecule has 0 fully saturated rings. The van der Waals surface area contributed by atoms with E-state index in [1.807, 2.05) is 16.9 Å². The smallest absolute Gasteiger partial charge is 0.148 e. The lowest BCUT2D eigenvalue weighted by atomic mass is 10.3. The van der Waals surface area contributed by atoms with Crippen molar-refractivity contribution in [3.63, 3.8) is 0 Å². The van der Waals surface area contributed by atoms with Gasteiger partial charge >= 0.3 is 0 Å². The molecule has 0 radical (unpaired) electrons. The molecule has 0 saturated heterocycles. The monoisotopic (exact) mass is 234 g/mol. The molecule has 0 saturated carbocycles.